The zero-order valence-corrected chi connectivity index (χ0v) is 11.0. The molecular formula is C15H17FN2O. The summed E-state index contributed by atoms with van der Waals surface area (Å²) in [4.78, 5) is 14.0. The van der Waals surface area contributed by atoms with Crippen LogP contribution < -0.4 is 4.90 Å². The van der Waals surface area contributed by atoms with Crippen LogP contribution in [0, 0.1) is 22.6 Å². The smallest absolute Gasteiger partial charge is 0.247 e. The van der Waals surface area contributed by atoms with Gasteiger partial charge in [0.15, 0.2) is 0 Å². The molecule has 0 aromatic heterocycles. The van der Waals surface area contributed by atoms with Crippen LogP contribution in [0.2, 0.25) is 0 Å². The number of hydrogen-bond acceptors (Lipinski definition) is 2. The van der Waals surface area contributed by atoms with Gasteiger partial charge in [-0.1, -0.05) is 25.0 Å². The molecule has 2 rings (SSSR count). The topological polar surface area (TPSA) is 44.1 Å². The Morgan fingerprint density at radius 2 is 2.05 bits per heavy atom. The Bertz CT molecular complexity index is 515. The minimum absolute atomic E-state index is 0.261. The van der Waals surface area contributed by atoms with E-state index in [1.165, 1.54) is 11.0 Å². The van der Waals surface area contributed by atoms with Gasteiger partial charge in [0.2, 0.25) is 5.91 Å². The summed E-state index contributed by atoms with van der Waals surface area (Å²) in [5.74, 6) is -0.691. The Hall–Kier alpha value is -1.89. The van der Waals surface area contributed by atoms with Crippen molar-refractivity contribution >= 4 is 11.6 Å². The highest BCUT2D eigenvalue weighted by atomic mass is 19.1. The summed E-state index contributed by atoms with van der Waals surface area (Å²) < 4.78 is 13.8. The molecule has 1 aromatic carbocycles. The molecule has 100 valence electrons. The fourth-order valence-corrected chi connectivity index (χ4v) is 2.70. The lowest BCUT2D eigenvalue weighted by atomic mass is 9.86. The van der Waals surface area contributed by atoms with E-state index in [0.29, 0.717) is 19.4 Å². The first-order valence-electron chi connectivity index (χ1n) is 6.62. The third-order valence-corrected chi connectivity index (χ3v) is 3.79. The summed E-state index contributed by atoms with van der Waals surface area (Å²) in [5.41, 5.74) is -0.699. The van der Waals surface area contributed by atoms with Gasteiger partial charge in [-0.3, -0.25) is 4.79 Å². The lowest BCUT2D eigenvalue weighted by Gasteiger charge is -2.29. The average Bonchev–Trinajstić information content (AvgIpc) is 2.91. The molecule has 0 unspecified atom stereocenters. The molecule has 1 fully saturated rings. The number of anilines is 1. The molecule has 3 nitrogen and oxygen atoms in total. The molecular weight excluding hydrogens is 243 g/mol. The van der Waals surface area contributed by atoms with E-state index in [-0.39, 0.29) is 11.6 Å². The van der Waals surface area contributed by atoms with Crippen molar-refractivity contribution < 1.29 is 9.18 Å². The number of nitriles is 1. The Kier molecular flexibility index (Phi) is 3.84. The Labute approximate surface area is 112 Å². The van der Waals surface area contributed by atoms with Gasteiger partial charge in [-0.2, -0.15) is 5.26 Å². The number of carbonyl (C=O) groups excluding carboxylic acids is 1. The zero-order chi connectivity index (χ0) is 13.9. The van der Waals surface area contributed by atoms with Crippen LogP contribution in [0.5, 0.6) is 0 Å². The number of carbonyl (C=O) groups is 1. The maximum Gasteiger partial charge on any atom is 0.247 e. The quantitative estimate of drug-likeness (QED) is 0.837. The molecule has 0 atom stereocenters. The normalized spacial score (nSPS) is 16.9. The molecule has 1 aliphatic carbocycles. The first kappa shape index (κ1) is 13.5. The fourth-order valence-electron chi connectivity index (χ4n) is 2.70. The molecule has 0 spiro atoms. The largest absolute Gasteiger partial charge is 0.309 e. The molecule has 0 radical (unpaired) electrons. The number of nitrogens with zero attached hydrogens (tertiary/aromatic N) is 2. The monoisotopic (exact) mass is 260 g/mol. The van der Waals surface area contributed by atoms with E-state index < -0.39 is 11.2 Å². The Morgan fingerprint density at radius 3 is 2.58 bits per heavy atom. The number of hydrogen-bond donors (Lipinski definition) is 0. The van der Waals surface area contributed by atoms with Gasteiger partial charge in [-0.15, -0.1) is 0 Å². The van der Waals surface area contributed by atoms with Crippen molar-refractivity contribution in [2.24, 2.45) is 5.41 Å². The second kappa shape index (κ2) is 5.40. The molecule has 0 saturated heterocycles. The van der Waals surface area contributed by atoms with E-state index in [1.807, 2.05) is 0 Å². The number of amides is 1. The standard InChI is InChI=1S/C15H17FN2O/c1-2-18(13-8-4-3-7-12(13)16)14(19)15(11-17)9-5-6-10-15/h3-4,7-8H,2,5-6,9-10H2,1H3. The van der Waals surface area contributed by atoms with Crippen molar-refractivity contribution in [3.63, 3.8) is 0 Å². The minimum Gasteiger partial charge on any atom is -0.309 e. The van der Waals surface area contributed by atoms with Crippen LogP contribution in [0.25, 0.3) is 0 Å². The first-order chi connectivity index (χ1) is 9.14. The molecule has 0 aliphatic heterocycles. The highest BCUT2D eigenvalue weighted by Gasteiger charge is 2.44. The summed E-state index contributed by atoms with van der Waals surface area (Å²) in [5, 5.41) is 9.36. The van der Waals surface area contributed by atoms with E-state index in [2.05, 4.69) is 6.07 Å². The van der Waals surface area contributed by atoms with Gasteiger partial charge in [-0.25, -0.2) is 4.39 Å². The molecule has 1 saturated carbocycles. The number of halogens is 1. The van der Waals surface area contributed by atoms with Crippen molar-refractivity contribution in [1.29, 1.82) is 5.26 Å². The van der Waals surface area contributed by atoms with Gasteiger partial charge in [0.05, 0.1) is 11.8 Å². The predicted molar refractivity (Wildman–Crippen MR) is 70.9 cm³/mol. The summed E-state index contributed by atoms with van der Waals surface area (Å²) in [6.07, 6.45) is 2.92. The van der Waals surface area contributed by atoms with Gasteiger partial charge < -0.3 is 4.90 Å². The van der Waals surface area contributed by atoms with Crippen LogP contribution in [-0.4, -0.2) is 12.5 Å². The third kappa shape index (κ3) is 2.33. The molecule has 0 N–H and O–H groups in total. The van der Waals surface area contributed by atoms with Crippen molar-refractivity contribution in [2.75, 3.05) is 11.4 Å². The Balaban J connectivity index is 2.35. The summed E-state index contributed by atoms with van der Waals surface area (Å²) >= 11 is 0. The van der Waals surface area contributed by atoms with Crippen molar-refractivity contribution in [2.45, 2.75) is 32.6 Å². The van der Waals surface area contributed by atoms with E-state index in [0.717, 1.165) is 12.8 Å². The van der Waals surface area contributed by atoms with Gasteiger partial charge in [0.1, 0.15) is 11.2 Å². The van der Waals surface area contributed by atoms with Gasteiger partial charge in [0, 0.05) is 6.54 Å². The first-order valence-corrected chi connectivity index (χ1v) is 6.62. The van der Waals surface area contributed by atoms with Crippen molar-refractivity contribution in [3.05, 3.63) is 30.1 Å². The van der Waals surface area contributed by atoms with Crippen LogP contribution in [0.15, 0.2) is 24.3 Å². The molecule has 0 heterocycles. The molecule has 4 heteroatoms. The second-order valence-electron chi connectivity index (χ2n) is 4.90. The number of rotatable bonds is 3. The lowest BCUT2D eigenvalue weighted by molar-refractivity contribution is -0.125. The van der Waals surface area contributed by atoms with E-state index in [4.69, 9.17) is 0 Å². The van der Waals surface area contributed by atoms with Crippen LogP contribution in [0.3, 0.4) is 0 Å². The maximum absolute atomic E-state index is 13.8. The van der Waals surface area contributed by atoms with Gasteiger partial charge in [-0.05, 0) is 31.9 Å². The van der Waals surface area contributed by atoms with Crippen molar-refractivity contribution in [1.82, 2.24) is 0 Å². The second-order valence-corrected chi connectivity index (χ2v) is 4.90. The van der Waals surface area contributed by atoms with Crippen molar-refractivity contribution in [3.8, 4) is 6.07 Å². The van der Waals surface area contributed by atoms with E-state index in [1.54, 1.807) is 25.1 Å². The fraction of sp³-hybridized carbons (Fsp3) is 0.467. The zero-order valence-electron chi connectivity index (χ0n) is 11.0. The highest BCUT2D eigenvalue weighted by Crippen LogP contribution is 2.40. The molecule has 19 heavy (non-hydrogen) atoms. The molecule has 1 amide bonds. The third-order valence-electron chi connectivity index (χ3n) is 3.79. The lowest BCUT2D eigenvalue weighted by Crippen LogP contribution is -2.42. The summed E-state index contributed by atoms with van der Waals surface area (Å²) in [6.45, 7) is 2.16. The number of benzene rings is 1. The summed E-state index contributed by atoms with van der Waals surface area (Å²) in [6, 6.07) is 8.37. The minimum atomic E-state index is -0.960. The molecule has 1 aliphatic rings. The SMILES string of the molecule is CCN(C(=O)C1(C#N)CCCC1)c1ccccc1F. The van der Waals surface area contributed by atoms with Crippen LogP contribution in [-0.2, 0) is 4.79 Å². The van der Waals surface area contributed by atoms with E-state index in [9.17, 15) is 14.4 Å². The molecule has 1 aromatic rings. The summed E-state index contributed by atoms with van der Waals surface area (Å²) in [7, 11) is 0. The number of para-hydroxylation sites is 1. The van der Waals surface area contributed by atoms with Crippen LogP contribution in [0.1, 0.15) is 32.6 Å². The maximum atomic E-state index is 13.8. The van der Waals surface area contributed by atoms with Gasteiger partial charge >= 0.3 is 0 Å². The van der Waals surface area contributed by atoms with Crippen LogP contribution in [0.4, 0.5) is 10.1 Å². The van der Waals surface area contributed by atoms with Gasteiger partial charge in [0.25, 0.3) is 0 Å². The average molecular weight is 260 g/mol. The van der Waals surface area contributed by atoms with E-state index >= 15 is 0 Å². The van der Waals surface area contributed by atoms with Crippen LogP contribution >= 0.6 is 0 Å². The Morgan fingerprint density at radius 1 is 1.42 bits per heavy atom. The predicted octanol–water partition coefficient (Wildman–Crippen LogP) is 3.26. The molecule has 0 bridgehead atoms. The highest BCUT2D eigenvalue weighted by molar-refractivity contribution is 5.99.